The number of aryl methyl sites for hydroxylation is 1. The van der Waals surface area contributed by atoms with Crippen molar-refractivity contribution in [1.29, 1.82) is 0 Å². The van der Waals surface area contributed by atoms with Gasteiger partial charge in [-0.3, -0.25) is 19.7 Å². The summed E-state index contributed by atoms with van der Waals surface area (Å²) in [6.07, 6.45) is -4.55. The number of benzene rings is 2. The van der Waals surface area contributed by atoms with Crippen molar-refractivity contribution < 1.29 is 27.7 Å². The fourth-order valence-electron chi connectivity index (χ4n) is 3.60. The average Bonchev–Trinajstić information content (AvgIpc) is 3.10. The standard InChI is InChI=1S/C23H21F3N4O4/c1-13-20(15(3)29(27-13)18-9-6-8-17(12-18)23(24,25)26)21(31)22(32)28(4)14(2)16-7-5-10-19(11-16)30(33)34/h5-12,14H,1-4H3/t14-/m1/s1. The van der Waals surface area contributed by atoms with Crippen molar-refractivity contribution in [3.05, 3.63) is 86.7 Å². The second-order valence-corrected chi connectivity index (χ2v) is 7.78. The van der Waals surface area contributed by atoms with Crippen LogP contribution in [0.3, 0.4) is 0 Å². The van der Waals surface area contributed by atoms with E-state index in [9.17, 15) is 32.9 Å². The van der Waals surface area contributed by atoms with Crippen LogP contribution >= 0.6 is 0 Å². The predicted molar refractivity (Wildman–Crippen MR) is 117 cm³/mol. The van der Waals surface area contributed by atoms with Crippen LogP contribution in [0.15, 0.2) is 48.5 Å². The normalized spacial score (nSPS) is 12.3. The highest BCUT2D eigenvalue weighted by Gasteiger charge is 2.32. The Bertz CT molecular complexity index is 1280. The number of Topliss-reactive ketones (excluding diaryl/α,β-unsaturated/α-hetero) is 1. The van der Waals surface area contributed by atoms with E-state index < -0.39 is 34.4 Å². The first-order chi connectivity index (χ1) is 15.8. The van der Waals surface area contributed by atoms with Gasteiger partial charge in [-0.15, -0.1) is 0 Å². The van der Waals surface area contributed by atoms with Crippen molar-refractivity contribution in [1.82, 2.24) is 14.7 Å². The van der Waals surface area contributed by atoms with Crippen LogP contribution in [0.4, 0.5) is 18.9 Å². The maximum absolute atomic E-state index is 13.1. The van der Waals surface area contributed by atoms with Gasteiger partial charge in [0.15, 0.2) is 0 Å². The molecule has 0 aliphatic carbocycles. The fraction of sp³-hybridized carbons (Fsp3) is 0.261. The molecule has 0 radical (unpaired) electrons. The highest BCUT2D eigenvalue weighted by Crippen LogP contribution is 2.31. The van der Waals surface area contributed by atoms with Crippen molar-refractivity contribution in [2.75, 3.05) is 7.05 Å². The molecule has 34 heavy (non-hydrogen) atoms. The Balaban J connectivity index is 1.92. The van der Waals surface area contributed by atoms with Crippen molar-refractivity contribution >= 4 is 17.4 Å². The monoisotopic (exact) mass is 474 g/mol. The van der Waals surface area contributed by atoms with E-state index in [1.807, 2.05) is 0 Å². The summed E-state index contributed by atoms with van der Waals surface area (Å²) in [6.45, 7) is 4.60. The Morgan fingerprint density at radius 2 is 1.76 bits per heavy atom. The lowest BCUT2D eigenvalue weighted by atomic mass is 10.0. The van der Waals surface area contributed by atoms with Crippen molar-refractivity contribution in [2.24, 2.45) is 0 Å². The number of ketones is 1. The molecule has 0 fully saturated rings. The van der Waals surface area contributed by atoms with Crippen LogP contribution in [-0.4, -0.2) is 38.3 Å². The molecular weight excluding hydrogens is 453 g/mol. The summed E-state index contributed by atoms with van der Waals surface area (Å²) in [4.78, 5) is 37.7. The number of aromatic nitrogens is 2. The SMILES string of the molecule is Cc1nn(-c2cccc(C(F)(F)F)c2)c(C)c1C(=O)C(=O)N(C)[C@H](C)c1cccc([N+](=O)[O-])c1. The van der Waals surface area contributed by atoms with Gasteiger partial charge in [0.25, 0.3) is 17.4 Å². The van der Waals surface area contributed by atoms with Crippen LogP contribution in [0.25, 0.3) is 5.69 Å². The Kier molecular flexibility index (Phi) is 6.58. The molecule has 0 spiro atoms. The molecule has 1 aromatic heterocycles. The van der Waals surface area contributed by atoms with Crippen molar-refractivity contribution in [3.8, 4) is 5.69 Å². The molecule has 0 aliphatic heterocycles. The Morgan fingerprint density at radius 1 is 1.12 bits per heavy atom. The summed E-state index contributed by atoms with van der Waals surface area (Å²) in [5.74, 6) is -1.76. The summed E-state index contributed by atoms with van der Waals surface area (Å²) >= 11 is 0. The Morgan fingerprint density at radius 3 is 2.38 bits per heavy atom. The maximum atomic E-state index is 13.1. The molecule has 8 nitrogen and oxygen atoms in total. The number of nitro groups is 1. The molecular formula is C23H21F3N4O4. The van der Waals surface area contributed by atoms with Crippen LogP contribution < -0.4 is 0 Å². The fourth-order valence-corrected chi connectivity index (χ4v) is 3.60. The number of non-ortho nitro benzene ring substituents is 1. The highest BCUT2D eigenvalue weighted by molar-refractivity contribution is 6.43. The second kappa shape index (κ2) is 9.08. The second-order valence-electron chi connectivity index (χ2n) is 7.78. The van der Waals surface area contributed by atoms with E-state index in [1.165, 1.54) is 55.9 Å². The molecule has 0 unspecified atom stereocenters. The number of alkyl halides is 3. The molecule has 3 rings (SSSR count). The summed E-state index contributed by atoms with van der Waals surface area (Å²) in [5.41, 5.74) is -0.0689. The molecule has 0 saturated carbocycles. The lowest BCUT2D eigenvalue weighted by molar-refractivity contribution is -0.384. The molecule has 0 aliphatic rings. The minimum absolute atomic E-state index is 0.0134. The molecule has 1 amide bonds. The van der Waals surface area contributed by atoms with E-state index in [1.54, 1.807) is 13.0 Å². The van der Waals surface area contributed by atoms with Gasteiger partial charge in [-0.2, -0.15) is 18.3 Å². The highest BCUT2D eigenvalue weighted by atomic mass is 19.4. The van der Waals surface area contributed by atoms with Crippen LogP contribution in [0.5, 0.6) is 0 Å². The number of rotatable bonds is 6. The van der Waals surface area contributed by atoms with Crippen LogP contribution in [0.2, 0.25) is 0 Å². The van der Waals surface area contributed by atoms with Crippen LogP contribution in [0, 0.1) is 24.0 Å². The zero-order valence-corrected chi connectivity index (χ0v) is 18.8. The van der Waals surface area contributed by atoms with E-state index in [4.69, 9.17) is 0 Å². The first-order valence-corrected chi connectivity index (χ1v) is 10.1. The topological polar surface area (TPSA) is 98.3 Å². The van der Waals surface area contributed by atoms with E-state index in [-0.39, 0.29) is 28.3 Å². The summed E-state index contributed by atoms with van der Waals surface area (Å²) in [7, 11) is 1.39. The number of hydrogen-bond donors (Lipinski definition) is 0. The molecule has 11 heteroatoms. The number of amides is 1. The van der Waals surface area contributed by atoms with Gasteiger partial charge in [0.05, 0.1) is 39.2 Å². The van der Waals surface area contributed by atoms with E-state index in [0.717, 1.165) is 17.0 Å². The quantitative estimate of drug-likeness (QED) is 0.221. The van der Waals surface area contributed by atoms with Gasteiger partial charge in [0, 0.05) is 19.2 Å². The number of likely N-dealkylation sites (N-methyl/N-ethyl adjacent to an activating group) is 1. The Hall–Kier alpha value is -4.02. The zero-order chi connectivity index (χ0) is 25.4. The number of hydrogen-bond acceptors (Lipinski definition) is 5. The van der Waals surface area contributed by atoms with Gasteiger partial charge in [-0.1, -0.05) is 18.2 Å². The number of carbonyl (C=O) groups is 2. The number of halogens is 3. The largest absolute Gasteiger partial charge is 0.416 e. The van der Waals surface area contributed by atoms with E-state index in [0.29, 0.717) is 5.56 Å². The molecule has 0 N–H and O–H groups in total. The summed E-state index contributed by atoms with van der Waals surface area (Å²) in [6, 6.07) is 9.55. The van der Waals surface area contributed by atoms with Crippen LogP contribution in [-0.2, 0) is 11.0 Å². The van der Waals surface area contributed by atoms with Gasteiger partial charge >= 0.3 is 6.18 Å². The minimum Gasteiger partial charge on any atom is -0.332 e. The van der Waals surface area contributed by atoms with Crippen molar-refractivity contribution in [3.63, 3.8) is 0 Å². The predicted octanol–water partition coefficient (Wildman–Crippen LogP) is 4.82. The Labute approximate surface area is 192 Å². The number of carbonyl (C=O) groups excluding carboxylic acids is 2. The lowest BCUT2D eigenvalue weighted by Crippen LogP contribution is -2.35. The van der Waals surface area contributed by atoms with Crippen LogP contribution in [0.1, 0.15) is 45.8 Å². The zero-order valence-electron chi connectivity index (χ0n) is 18.8. The summed E-state index contributed by atoms with van der Waals surface area (Å²) in [5, 5.41) is 15.2. The smallest absolute Gasteiger partial charge is 0.332 e. The first kappa shape index (κ1) is 24.6. The molecule has 1 atom stereocenters. The summed E-state index contributed by atoms with van der Waals surface area (Å²) < 4.78 is 40.5. The van der Waals surface area contributed by atoms with Gasteiger partial charge in [0.1, 0.15) is 0 Å². The lowest BCUT2D eigenvalue weighted by Gasteiger charge is -2.24. The maximum Gasteiger partial charge on any atom is 0.416 e. The molecule has 0 bridgehead atoms. The number of nitrogens with zero attached hydrogens (tertiary/aromatic N) is 4. The minimum atomic E-state index is -4.55. The third-order valence-corrected chi connectivity index (χ3v) is 5.60. The molecule has 1 heterocycles. The van der Waals surface area contributed by atoms with E-state index >= 15 is 0 Å². The van der Waals surface area contributed by atoms with Gasteiger partial charge in [0.2, 0.25) is 0 Å². The van der Waals surface area contributed by atoms with Gasteiger partial charge < -0.3 is 4.90 Å². The molecule has 2 aromatic carbocycles. The third kappa shape index (κ3) is 4.68. The average molecular weight is 474 g/mol. The molecule has 3 aromatic rings. The van der Waals surface area contributed by atoms with Gasteiger partial charge in [-0.25, -0.2) is 4.68 Å². The van der Waals surface area contributed by atoms with Crippen molar-refractivity contribution in [2.45, 2.75) is 33.0 Å². The molecule has 0 saturated heterocycles. The number of nitro benzene ring substituents is 1. The van der Waals surface area contributed by atoms with Gasteiger partial charge in [-0.05, 0) is 44.5 Å². The molecule has 178 valence electrons. The van der Waals surface area contributed by atoms with E-state index in [2.05, 4.69) is 5.10 Å². The third-order valence-electron chi connectivity index (χ3n) is 5.60. The first-order valence-electron chi connectivity index (χ1n) is 10.1.